The maximum absolute atomic E-state index is 11.7. The molecule has 116 valence electrons. The lowest BCUT2D eigenvalue weighted by atomic mass is 9.77. The van der Waals surface area contributed by atoms with Crippen molar-refractivity contribution in [1.82, 2.24) is 10.2 Å². The van der Waals surface area contributed by atoms with Gasteiger partial charge in [0.15, 0.2) is 0 Å². The molecule has 0 radical (unpaired) electrons. The van der Waals surface area contributed by atoms with Gasteiger partial charge in [-0.05, 0) is 55.5 Å². The molecule has 0 saturated carbocycles. The summed E-state index contributed by atoms with van der Waals surface area (Å²) in [4.78, 5) is 14.1. The zero-order valence-corrected chi connectivity index (χ0v) is 13.1. The van der Waals surface area contributed by atoms with Crippen LogP contribution in [0.1, 0.15) is 42.1 Å². The van der Waals surface area contributed by atoms with Crippen LogP contribution in [0.2, 0.25) is 0 Å². The van der Waals surface area contributed by atoms with Gasteiger partial charge in [-0.1, -0.05) is 19.1 Å². The summed E-state index contributed by atoms with van der Waals surface area (Å²) in [6.07, 6.45) is 3.15. The van der Waals surface area contributed by atoms with E-state index in [1.54, 1.807) is 7.05 Å². The summed E-state index contributed by atoms with van der Waals surface area (Å²) < 4.78 is 0. The van der Waals surface area contributed by atoms with E-state index in [4.69, 9.17) is 0 Å². The Bertz CT molecular complexity index is 473. The van der Waals surface area contributed by atoms with E-state index in [1.165, 1.54) is 5.56 Å². The molecule has 1 aromatic rings. The highest BCUT2D eigenvalue weighted by Gasteiger charge is 2.32. The van der Waals surface area contributed by atoms with Gasteiger partial charge in [0, 0.05) is 25.8 Å². The monoisotopic (exact) mass is 290 g/mol. The van der Waals surface area contributed by atoms with Crippen molar-refractivity contribution in [2.24, 2.45) is 5.41 Å². The molecule has 0 unspecified atom stereocenters. The van der Waals surface area contributed by atoms with Gasteiger partial charge < -0.3 is 10.4 Å². The maximum atomic E-state index is 11.7. The molecule has 1 aromatic carbocycles. The highest BCUT2D eigenvalue weighted by Crippen LogP contribution is 2.34. The lowest BCUT2D eigenvalue weighted by molar-refractivity contribution is 0.0382. The zero-order valence-electron chi connectivity index (χ0n) is 13.1. The summed E-state index contributed by atoms with van der Waals surface area (Å²) in [6.45, 7) is 5.36. The smallest absolute Gasteiger partial charge is 0.251 e. The van der Waals surface area contributed by atoms with Crippen LogP contribution in [-0.2, 0) is 6.54 Å². The Kier molecular flexibility index (Phi) is 5.37. The van der Waals surface area contributed by atoms with Crippen LogP contribution in [0, 0.1) is 5.41 Å². The van der Waals surface area contributed by atoms with Crippen molar-refractivity contribution in [3.05, 3.63) is 35.4 Å². The lowest BCUT2D eigenvalue weighted by Crippen LogP contribution is -2.41. The molecule has 1 aliphatic heterocycles. The van der Waals surface area contributed by atoms with Gasteiger partial charge >= 0.3 is 0 Å². The molecule has 0 aromatic heterocycles. The normalized spacial score (nSPS) is 18.4. The number of nitrogens with one attached hydrogen (secondary N) is 1. The predicted molar refractivity (Wildman–Crippen MR) is 84.2 cm³/mol. The van der Waals surface area contributed by atoms with Crippen molar-refractivity contribution in [3.8, 4) is 0 Å². The molecule has 1 fully saturated rings. The number of nitrogens with zero attached hydrogens (tertiary/aromatic N) is 1. The minimum absolute atomic E-state index is 0.0409. The van der Waals surface area contributed by atoms with Gasteiger partial charge in [0.1, 0.15) is 0 Å². The van der Waals surface area contributed by atoms with E-state index in [0.29, 0.717) is 12.2 Å². The molecule has 2 rings (SSSR count). The van der Waals surface area contributed by atoms with E-state index in [0.717, 1.165) is 38.9 Å². The minimum Gasteiger partial charge on any atom is -0.396 e. The topological polar surface area (TPSA) is 52.6 Å². The zero-order chi connectivity index (χ0) is 15.3. The number of hydrogen-bond donors (Lipinski definition) is 2. The van der Waals surface area contributed by atoms with E-state index >= 15 is 0 Å². The molecule has 0 atom stereocenters. The van der Waals surface area contributed by atoms with Crippen molar-refractivity contribution >= 4 is 5.91 Å². The Balaban J connectivity index is 1.96. The van der Waals surface area contributed by atoms with Gasteiger partial charge in [0.25, 0.3) is 5.91 Å². The van der Waals surface area contributed by atoms with Crippen molar-refractivity contribution < 1.29 is 9.90 Å². The van der Waals surface area contributed by atoms with Crippen LogP contribution < -0.4 is 5.32 Å². The molecule has 0 aliphatic carbocycles. The Labute approximate surface area is 127 Å². The third kappa shape index (κ3) is 3.83. The van der Waals surface area contributed by atoms with E-state index in [2.05, 4.69) is 23.2 Å². The Morgan fingerprint density at radius 3 is 2.67 bits per heavy atom. The molecular weight excluding hydrogens is 264 g/mol. The fourth-order valence-electron chi connectivity index (χ4n) is 3.02. The van der Waals surface area contributed by atoms with E-state index in [9.17, 15) is 9.90 Å². The molecule has 4 nitrogen and oxygen atoms in total. The third-order valence-electron chi connectivity index (χ3n) is 4.82. The molecule has 0 spiro atoms. The Morgan fingerprint density at radius 1 is 1.38 bits per heavy atom. The molecule has 4 heteroatoms. The molecule has 2 N–H and O–H groups in total. The first-order valence-electron chi connectivity index (χ1n) is 7.77. The van der Waals surface area contributed by atoms with Crippen LogP contribution in [0.3, 0.4) is 0 Å². The molecule has 1 aliphatic rings. The Hall–Kier alpha value is -1.39. The maximum Gasteiger partial charge on any atom is 0.251 e. The quantitative estimate of drug-likeness (QED) is 0.872. The van der Waals surface area contributed by atoms with Crippen LogP contribution in [0.4, 0.5) is 0 Å². The summed E-state index contributed by atoms with van der Waals surface area (Å²) in [5, 5.41) is 12.2. The second kappa shape index (κ2) is 7.05. The number of hydrogen-bond acceptors (Lipinski definition) is 3. The summed E-state index contributed by atoms with van der Waals surface area (Å²) >= 11 is 0. The van der Waals surface area contributed by atoms with Gasteiger partial charge in [-0.3, -0.25) is 9.69 Å². The molecular formula is C17H26N2O2. The molecule has 1 heterocycles. The molecule has 21 heavy (non-hydrogen) atoms. The van der Waals surface area contributed by atoms with Crippen LogP contribution in [-0.4, -0.2) is 42.7 Å². The first kappa shape index (κ1) is 16.0. The number of likely N-dealkylation sites (tertiary alicyclic amines) is 1. The van der Waals surface area contributed by atoms with E-state index in [1.807, 2.05) is 18.2 Å². The van der Waals surface area contributed by atoms with Crippen LogP contribution >= 0.6 is 0 Å². The van der Waals surface area contributed by atoms with E-state index in [-0.39, 0.29) is 11.3 Å². The van der Waals surface area contributed by atoms with Gasteiger partial charge in [0.2, 0.25) is 0 Å². The molecule has 1 saturated heterocycles. The van der Waals surface area contributed by atoms with E-state index < -0.39 is 0 Å². The van der Waals surface area contributed by atoms with Crippen molar-refractivity contribution in [1.29, 1.82) is 0 Å². The fourth-order valence-corrected chi connectivity index (χ4v) is 3.02. The third-order valence-corrected chi connectivity index (χ3v) is 4.82. The Morgan fingerprint density at radius 2 is 2.10 bits per heavy atom. The highest BCUT2D eigenvalue weighted by atomic mass is 16.3. The number of aliphatic hydroxyl groups is 1. The number of piperidine rings is 1. The number of amides is 1. The van der Waals surface area contributed by atoms with Gasteiger partial charge in [-0.25, -0.2) is 0 Å². The highest BCUT2D eigenvalue weighted by molar-refractivity contribution is 5.94. The van der Waals surface area contributed by atoms with Crippen LogP contribution in [0.15, 0.2) is 24.3 Å². The van der Waals surface area contributed by atoms with Gasteiger partial charge in [0.05, 0.1) is 0 Å². The average Bonchev–Trinajstić information content (AvgIpc) is 2.55. The summed E-state index contributed by atoms with van der Waals surface area (Å²) in [5.74, 6) is -0.0409. The number of rotatable bonds is 5. The number of carbonyl (C=O) groups excluding carboxylic acids is 1. The van der Waals surface area contributed by atoms with Gasteiger partial charge in [-0.2, -0.15) is 0 Å². The second-order valence-corrected chi connectivity index (χ2v) is 6.07. The number of benzene rings is 1. The largest absolute Gasteiger partial charge is 0.396 e. The van der Waals surface area contributed by atoms with Gasteiger partial charge in [-0.15, -0.1) is 0 Å². The molecule has 1 amide bonds. The first-order valence-corrected chi connectivity index (χ1v) is 7.77. The minimum atomic E-state index is -0.0409. The molecule has 0 bridgehead atoms. The predicted octanol–water partition coefficient (Wildman–Crippen LogP) is 2.03. The summed E-state index contributed by atoms with van der Waals surface area (Å²) in [6, 6.07) is 7.81. The second-order valence-electron chi connectivity index (χ2n) is 6.07. The number of carbonyl (C=O) groups is 1. The lowest BCUT2D eigenvalue weighted by Gasteiger charge is -2.40. The first-order chi connectivity index (χ1) is 10.1. The summed E-state index contributed by atoms with van der Waals surface area (Å²) in [7, 11) is 1.65. The average molecular weight is 290 g/mol. The summed E-state index contributed by atoms with van der Waals surface area (Å²) in [5.41, 5.74) is 2.01. The van der Waals surface area contributed by atoms with Crippen LogP contribution in [0.25, 0.3) is 0 Å². The fraction of sp³-hybridized carbons (Fsp3) is 0.588. The SMILES string of the molecule is CCC1(CO)CCN(Cc2cccc(C(=O)NC)c2)CC1. The van der Waals surface area contributed by atoms with Crippen LogP contribution in [0.5, 0.6) is 0 Å². The van der Waals surface area contributed by atoms with Crippen molar-refractivity contribution in [3.63, 3.8) is 0 Å². The van der Waals surface area contributed by atoms with Crippen molar-refractivity contribution in [2.75, 3.05) is 26.7 Å². The van der Waals surface area contributed by atoms with Crippen molar-refractivity contribution in [2.45, 2.75) is 32.7 Å². The standard InChI is InChI=1S/C17H26N2O2/c1-3-17(13-20)7-9-19(10-8-17)12-14-5-4-6-15(11-14)16(21)18-2/h4-6,11,20H,3,7-10,12-13H2,1-2H3,(H,18,21). The number of aliphatic hydroxyl groups excluding tert-OH is 1.